The van der Waals surface area contributed by atoms with Crippen LogP contribution in [0, 0.1) is 0 Å². The maximum atomic E-state index is 12.9. The van der Waals surface area contributed by atoms with Gasteiger partial charge in [0.25, 0.3) is 0 Å². The molecule has 1 saturated heterocycles. The number of nitrogens with one attached hydrogen (secondary N) is 1. The Bertz CT molecular complexity index is 938. The lowest BCUT2D eigenvalue weighted by Gasteiger charge is -2.23. The number of carbonyl (C=O) groups excluding carboxylic acids is 3. The van der Waals surface area contributed by atoms with Gasteiger partial charge in [-0.2, -0.15) is 4.58 Å². The van der Waals surface area contributed by atoms with Crippen LogP contribution in [-0.4, -0.2) is 60.1 Å². The molecule has 3 amide bonds. The van der Waals surface area contributed by atoms with E-state index in [2.05, 4.69) is 11.9 Å². The van der Waals surface area contributed by atoms with Gasteiger partial charge in [-0.05, 0) is 45.4 Å². The first kappa shape index (κ1) is 23.0. The van der Waals surface area contributed by atoms with Crippen LogP contribution < -0.4 is 10.2 Å². The lowest BCUT2D eigenvalue weighted by atomic mass is 10.0. The van der Waals surface area contributed by atoms with E-state index in [1.54, 1.807) is 48.6 Å². The summed E-state index contributed by atoms with van der Waals surface area (Å²) in [4.78, 5) is 38.8. The summed E-state index contributed by atoms with van der Waals surface area (Å²) in [7, 11) is 0. The molecule has 0 saturated carbocycles. The second kappa shape index (κ2) is 9.20. The number of benzene rings is 1. The first-order valence-electron chi connectivity index (χ1n) is 10.1. The molecule has 1 fully saturated rings. The molecule has 8 nitrogen and oxygen atoms in total. The van der Waals surface area contributed by atoms with E-state index in [1.165, 1.54) is 6.08 Å². The number of nitrogens with zero attached hydrogens (tertiary/aromatic N) is 2. The smallest absolute Gasteiger partial charge is 0.411 e. The van der Waals surface area contributed by atoms with E-state index in [-0.39, 0.29) is 17.9 Å². The third-order valence-electron chi connectivity index (χ3n) is 4.93. The van der Waals surface area contributed by atoms with E-state index in [4.69, 9.17) is 21.1 Å². The number of hydrogen-bond acceptors (Lipinski definition) is 5. The van der Waals surface area contributed by atoms with Crippen LogP contribution in [0.25, 0.3) is 0 Å². The minimum atomic E-state index is -0.678. The van der Waals surface area contributed by atoms with Gasteiger partial charge in [-0.3, -0.25) is 4.79 Å². The van der Waals surface area contributed by atoms with Crippen LogP contribution in [0.15, 0.2) is 30.9 Å². The van der Waals surface area contributed by atoms with Crippen molar-refractivity contribution in [3.63, 3.8) is 0 Å². The Labute approximate surface area is 186 Å². The van der Waals surface area contributed by atoms with Crippen molar-refractivity contribution in [2.45, 2.75) is 44.9 Å². The highest BCUT2D eigenvalue weighted by Gasteiger charge is 2.36. The number of halogens is 1. The summed E-state index contributed by atoms with van der Waals surface area (Å²) in [5, 5.41) is 3.06. The lowest BCUT2D eigenvalue weighted by Crippen LogP contribution is -2.43. The summed E-state index contributed by atoms with van der Waals surface area (Å²) < 4.78 is 12.3. The Morgan fingerprint density at radius 2 is 2.10 bits per heavy atom. The quantitative estimate of drug-likeness (QED) is 0.565. The van der Waals surface area contributed by atoms with E-state index < -0.39 is 17.7 Å². The second-order valence-corrected chi connectivity index (χ2v) is 8.84. The molecule has 0 radical (unpaired) electrons. The van der Waals surface area contributed by atoms with Crippen LogP contribution in [0.2, 0.25) is 5.02 Å². The molecule has 31 heavy (non-hydrogen) atoms. The summed E-state index contributed by atoms with van der Waals surface area (Å²) in [6.07, 6.45) is 2.73. The topological polar surface area (TPSA) is 87.9 Å². The van der Waals surface area contributed by atoms with Crippen molar-refractivity contribution >= 4 is 41.4 Å². The van der Waals surface area contributed by atoms with Crippen molar-refractivity contribution in [2.24, 2.45) is 0 Å². The number of rotatable bonds is 4. The normalized spacial score (nSPS) is 21.5. The molecule has 0 bridgehead atoms. The monoisotopic (exact) mass is 448 g/mol. The summed E-state index contributed by atoms with van der Waals surface area (Å²) in [5.41, 5.74) is 0.684. The molecule has 2 aliphatic heterocycles. The third kappa shape index (κ3) is 5.51. The van der Waals surface area contributed by atoms with Gasteiger partial charge >= 0.3 is 12.0 Å². The number of anilines is 1. The average molecular weight is 449 g/mol. The molecule has 1 unspecified atom stereocenters. The van der Waals surface area contributed by atoms with Gasteiger partial charge in [-0.15, -0.1) is 0 Å². The first-order chi connectivity index (χ1) is 14.6. The Hall–Kier alpha value is -2.71. The zero-order valence-corrected chi connectivity index (χ0v) is 18.6. The molecular weight excluding hydrogens is 422 g/mol. The van der Waals surface area contributed by atoms with Crippen LogP contribution in [-0.2, 0) is 19.1 Å². The fourth-order valence-corrected chi connectivity index (χ4v) is 3.83. The molecule has 3 rings (SSSR count). The van der Waals surface area contributed by atoms with E-state index in [0.29, 0.717) is 36.9 Å². The number of carbonyl (C=O) groups is 3. The molecule has 1 aromatic carbocycles. The minimum Gasteiger partial charge on any atom is -0.444 e. The Morgan fingerprint density at radius 1 is 1.35 bits per heavy atom. The first-order valence-corrected chi connectivity index (χ1v) is 10.4. The summed E-state index contributed by atoms with van der Waals surface area (Å²) >= 11 is 6.35. The third-order valence-corrected chi connectivity index (χ3v) is 5.15. The molecule has 2 atom stereocenters. The fourth-order valence-electron chi connectivity index (χ4n) is 3.59. The standard InChI is InChI=1S/C22H26ClN3O5/c1-5-19(27)26-8-9-30-13-18(26)14-10-15(23)12-16(11-14)25-7-6-17(20(25)28)24-21(29)31-22(2,3)4/h5,8,10-12,17-18H,1,6-7,9,13H2,2-4H3/p+1/t17?,18-/m0/s1. The van der Waals surface area contributed by atoms with Crippen molar-refractivity contribution in [1.29, 1.82) is 0 Å². The largest absolute Gasteiger partial charge is 0.444 e. The van der Waals surface area contributed by atoms with Crippen LogP contribution in [0.3, 0.4) is 0 Å². The zero-order chi connectivity index (χ0) is 22.8. The highest BCUT2D eigenvalue weighted by Crippen LogP contribution is 2.31. The number of ether oxygens (including phenoxy) is 2. The van der Waals surface area contributed by atoms with Crippen LogP contribution in [0.5, 0.6) is 0 Å². The summed E-state index contributed by atoms with van der Waals surface area (Å²) in [5.74, 6) is -0.488. The minimum absolute atomic E-state index is 0.242. The number of hydrogen-bond donors (Lipinski definition) is 1. The molecule has 1 aromatic rings. The fraction of sp³-hybridized carbons (Fsp3) is 0.455. The summed E-state index contributed by atoms with van der Waals surface area (Å²) in [6.45, 7) is 9.87. The van der Waals surface area contributed by atoms with E-state index in [9.17, 15) is 14.4 Å². The molecule has 9 heteroatoms. The lowest BCUT2D eigenvalue weighted by molar-refractivity contribution is -0.500. The highest BCUT2D eigenvalue weighted by atomic mass is 35.5. The maximum Gasteiger partial charge on any atom is 0.411 e. The predicted molar refractivity (Wildman–Crippen MR) is 117 cm³/mol. The van der Waals surface area contributed by atoms with Crippen molar-refractivity contribution in [3.05, 3.63) is 41.4 Å². The van der Waals surface area contributed by atoms with Gasteiger partial charge in [0.1, 0.15) is 24.9 Å². The Balaban J connectivity index is 1.81. The van der Waals surface area contributed by atoms with Gasteiger partial charge in [0.2, 0.25) is 11.9 Å². The maximum absolute atomic E-state index is 12.9. The highest BCUT2D eigenvalue weighted by molar-refractivity contribution is 6.31. The number of amides is 3. The van der Waals surface area contributed by atoms with Crippen LogP contribution in [0.4, 0.5) is 10.5 Å². The van der Waals surface area contributed by atoms with Crippen LogP contribution >= 0.6 is 11.6 Å². The van der Waals surface area contributed by atoms with Crippen LogP contribution in [0.1, 0.15) is 38.8 Å². The predicted octanol–water partition coefficient (Wildman–Crippen LogP) is 2.84. The van der Waals surface area contributed by atoms with Gasteiger partial charge in [0.05, 0.1) is 0 Å². The van der Waals surface area contributed by atoms with Crippen molar-refractivity contribution in [2.75, 3.05) is 24.7 Å². The molecule has 2 aliphatic rings. The van der Waals surface area contributed by atoms with E-state index in [1.807, 2.05) is 6.07 Å². The van der Waals surface area contributed by atoms with Crippen molar-refractivity contribution in [1.82, 2.24) is 5.32 Å². The van der Waals surface area contributed by atoms with Gasteiger partial charge in [-0.25, -0.2) is 9.59 Å². The van der Waals surface area contributed by atoms with Crippen molar-refractivity contribution < 1.29 is 28.4 Å². The average Bonchev–Trinajstić information content (AvgIpc) is 3.05. The van der Waals surface area contributed by atoms with Crippen molar-refractivity contribution in [3.8, 4) is 0 Å². The molecular formula is C22H27ClN3O5+. The molecule has 0 aromatic heterocycles. The molecule has 166 valence electrons. The summed E-state index contributed by atoms with van der Waals surface area (Å²) in [6, 6.07) is 4.19. The van der Waals surface area contributed by atoms with Gasteiger partial charge < -0.3 is 19.7 Å². The van der Waals surface area contributed by atoms with E-state index in [0.717, 1.165) is 5.56 Å². The molecule has 2 heterocycles. The SMILES string of the molecule is C=CC(=O)[N+]1=CCOC[C@H]1c1cc(Cl)cc(N2CCC(NC(=O)OC(C)(C)C)C2=O)c1. The molecule has 0 spiro atoms. The van der Waals surface area contributed by atoms with Gasteiger partial charge in [0, 0.05) is 28.9 Å². The van der Waals surface area contributed by atoms with Gasteiger partial charge in [0.15, 0.2) is 6.21 Å². The number of alkyl carbamates (subject to hydrolysis) is 1. The molecule has 0 aliphatic carbocycles. The van der Waals surface area contributed by atoms with E-state index >= 15 is 0 Å². The second-order valence-electron chi connectivity index (χ2n) is 8.41. The molecule has 1 N–H and O–H groups in total. The zero-order valence-electron chi connectivity index (χ0n) is 17.9. The van der Waals surface area contributed by atoms with Gasteiger partial charge in [-0.1, -0.05) is 18.2 Å². The Kier molecular flexibility index (Phi) is 6.81. The Morgan fingerprint density at radius 3 is 2.77 bits per heavy atom.